The highest BCUT2D eigenvalue weighted by Gasteiger charge is 2.25. The van der Waals surface area contributed by atoms with Gasteiger partial charge in [-0.15, -0.1) is 11.8 Å². The van der Waals surface area contributed by atoms with Gasteiger partial charge in [-0.05, 0) is 18.6 Å². The molecular weight excluding hydrogens is 376 g/mol. The molecule has 0 amide bonds. The lowest BCUT2D eigenvalue weighted by Crippen LogP contribution is -2.47. The first-order chi connectivity index (χ1) is 13.7. The van der Waals surface area contributed by atoms with E-state index in [9.17, 15) is 10.1 Å². The van der Waals surface area contributed by atoms with Gasteiger partial charge in [-0.3, -0.25) is 10.1 Å². The zero-order valence-electron chi connectivity index (χ0n) is 15.9. The van der Waals surface area contributed by atoms with Crippen molar-refractivity contribution in [2.24, 2.45) is 0 Å². The van der Waals surface area contributed by atoms with Crippen LogP contribution in [0.15, 0.2) is 29.2 Å². The Morgan fingerprint density at radius 2 is 1.86 bits per heavy atom. The number of nitrogens with one attached hydrogen (secondary N) is 1. The third-order valence-electron chi connectivity index (χ3n) is 5.04. The molecule has 2 aliphatic rings. The number of rotatable bonds is 6. The van der Waals surface area contributed by atoms with E-state index in [1.54, 1.807) is 12.1 Å². The van der Waals surface area contributed by atoms with Crippen LogP contribution in [0.25, 0.3) is 0 Å². The lowest BCUT2D eigenvalue weighted by Gasteiger charge is -2.36. The Hall–Kier alpha value is -2.55. The van der Waals surface area contributed by atoms with Crippen LogP contribution in [0, 0.1) is 10.1 Å². The Morgan fingerprint density at radius 3 is 2.54 bits per heavy atom. The molecule has 0 radical (unpaired) electrons. The van der Waals surface area contributed by atoms with Gasteiger partial charge in [0.15, 0.2) is 0 Å². The van der Waals surface area contributed by atoms with Crippen LogP contribution in [0.1, 0.15) is 19.0 Å². The largest absolute Gasteiger partial charge is 0.369 e. The maximum absolute atomic E-state index is 10.8. The number of nitro benzene ring substituents is 1. The van der Waals surface area contributed by atoms with Gasteiger partial charge in [-0.25, -0.2) is 4.98 Å². The molecule has 28 heavy (non-hydrogen) atoms. The minimum Gasteiger partial charge on any atom is -0.369 e. The van der Waals surface area contributed by atoms with Crippen molar-refractivity contribution >= 4 is 34.9 Å². The number of aryl methyl sites for hydroxylation is 1. The molecule has 0 aliphatic carbocycles. The summed E-state index contributed by atoms with van der Waals surface area (Å²) in [5.74, 6) is 2.85. The van der Waals surface area contributed by atoms with Crippen molar-refractivity contribution in [2.45, 2.75) is 24.7 Å². The second-order valence-corrected chi connectivity index (χ2v) is 8.03. The third-order valence-corrected chi connectivity index (χ3v) is 6.17. The molecule has 0 spiro atoms. The van der Waals surface area contributed by atoms with Crippen LogP contribution in [0.3, 0.4) is 0 Å². The quantitative estimate of drug-likeness (QED) is 0.584. The molecule has 2 aromatic rings. The molecule has 2 aliphatic heterocycles. The van der Waals surface area contributed by atoms with Crippen molar-refractivity contribution in [3.63, 3.8) is 0 Å². The van der Waals surface area contributed by atoms with Gasteiger partial charge in [0.05, 0.1) is 15.5 Å². The predicted molar refractivity (Wildman–Crippen MR) is 113 cm³/mol. The van der Waals surface area contributed by atoms with E-state index in [1.165, 1.54) is 4.90 Å². The molecule has 148 valence electrons. The van der Waals surface area contributed by atoms with Gasteiger partial charge in [0.25, 0.3) is 5.69 Å². The molecule has 0 bridgehead atoms. The molecule has 8 nitrogen and oxygen atoms in total. The lowest BCUT2D eigenvalue weighted by molar-refractivity contribution is -0.384. The SMILES string of the molecule is CCCNc1nc(N2CCN(c3ccc([N+](=O)[O-])cc3)CC2)nc2c1SCC2. The van der Waals surface area contributed by atoms with Crippen LogP contribution in [-0.4, -0.2) is 53.4 Å². The molecule has 0 saturated carbocycles. The van der Waals surface area contributed by atoms with E-state index in [1.807, 2.05) is 23.9 Å². The molecule has 9 heteroatoms. The maximum atomic E-state index is 10.8. The molecule has 1 saturated heterocycles. The molecule has 1 aromatic carbocycles. The standard InChI is InChI=1S/C19H24N6O2S/c1-2-8-20-18-17-16(7-13-28-17)21-19(22-18)24-11-9-23(10-12-24)14-3-5-15(6-4-14)25(26)27/h3-6H,2,7-13H2,1H3,(H,20,21,22). The van der Waals surface area contributed by atoms with Gasteiger partial charge in [-0.1, -0.05) is 6.92 Å². The molecule has 1 N–H and O–H groups in total. The number of nitrogens with zero attached hydrogens (tertiary/aromatic N) is 5. The van der Waals surface area contributed by atoms with Gasteiger partial charge < -0.3 is 15.1 Å². The van der Waals surface area contributed by atoms with Gasteiger partial charge >= 0.3 is 0 Å². The van der Waals surface area contributed by atoms with E-state index in [-0.39, 0.29) is 10.6 Å². The fourth-order valence-electron chi connectivity index (χ4n) is 3.51. The lowest BCUT2D eigenvalue weighted by atomic mass is 10.2. The van der Waals surface area contributed by atoms with Crippen LogP contribution in [0.4, 0.5) is 23.1 Å². The highest BCUT2D eigenvalue weighted by molar-refractivity contribution is 7.99. The Bertz CT molecular complexity index is 852. The molecule has 0 atom stereocenters. The highest BCUT2D eigenvalue weighted by atomic mass is 32.2. The average molecular weight is 401 g/mol. The van der Waals surface area contributed by atoms with Crippen molar-refractivity contribution in [2.75, 3.05) is 53.6 Å². The minimum atomic E-state index is -0.366. The Kier molecular flexibility index (Phi) is 5.52. The van der Waals surface area contributed by atoms with Crippen LogP contribution >= 0.6 is 11.8 Å². The Morgan fingerprint density at radius 1 is 1.14 bits per heavy atom. The summed E-state index contributed by atoms with van der Waals surface area (Å²) >= 11 is 1.84. The molecule has 3 heterocycles. The summed E-state index contributed by atoms with van der Waals surface area (Å²) < 4.78 is 0. The summed E-state index contributed by atoms with van der Waals surface area (Å²) in [6.07, 6.45) is 2.06. The van der Waals surface area contributed by atoms with E-state index in [0.29, 0.717) is 0 Å². The van der Waals surface area contributed by atoms with E-state index < -0.39 is 0 Å². The zero-order valence-corrected chi connectivity index (χ0v) is 16.7. The van der Waals surface area contributed by atoms with Crippen LogP contribution < -0.4 is 15.1 Å². The monoisotopic (exact) mass is 400 g/mol. The number of aromatic nitrogens is 2. The number of nitro groups is 1. The fourth-order valence-corrected chi connectivity index (χ4v) is 4.58. The number of anilines is 3. The maximum Gasteiger partial charge on any atom is 0.269 e. The number of fused-ring (bicyclic) bond motifs is 1. The summed E-state index contributed by atoms with van der Waals surface area (Å²) in [6, 6.07) is 6.77. The summed E-state index contributed by atoms with van der Waals surface area (Å²) in [5, 5.41) is 14.3. The first kappa shape index (κ1) is 18.8. The zero-order chi connectivity index (χ0) is 19.5. The number of hydrogen-bond donors (Lipinski definition) is 1. The first-order valence-electron chi connectivity index (χ1n) is 9.67. The van der Waals surface area contributed by atoms with E-state index >= 15 is 0 Å². The Labute approximate surface area is 168 Å². The van der Waals surface area contributed by atoms with Gasteiger partial charge in [-0.2, -0.15) is 4.98 Å². The second-order valence-electron chi connectivity index (χ2n) is 6.92. The van der Waals surface area contributed by atoms with Crippen molar-refractivity contribution in [3.8, 4) is 0 Å². The van der Waals surface area contributed by atoms with Crippen molar-refractivity contribution in [3.05, 3.63) is 40.1 Å². The van der Waals surface area contributed by atoms with Crippen molar-refractivity contribution < 1.29 is 4.92 Å². The second kappa shape index (κ2) is 8.22. The van der Waals surface area contributed by atoms with E-state index in [0.717, 1.165) is 74.5 Å². The Balaban J connectivity index is 1.45. The predicted octanol–water partition coefficient (Wildman–Crippen LogP) is 3.18. The van der Waals surface area contributed by atoms with Gasteiger partial charge in [0, 0.05) is 62.7 Å². The number of thioether (sulfide) groups is 1. The van der Waals surface area contributed by atoms with E-state index in [2.05, 4.69) is 22.0 Å². The summed E-state index contributed by atoms with van der Waals surface area (Å²) in [7, 11) is 0. The molecule has 1 fully saturated rings. The van der Waals surface area contributed by atoms with Crippen LogP contribution in [0.2, 0.25) is 0 Å². The van der Waals surface area contributed by atoms with Gasteiger partial charge in [0.2, 0.25) is 5.95 Å². The molecule has 0 unspecified atom stereocenters. The normalized spacial score (nSPS) is 16.2. The van der Waals surface area contributed by atoms with Gasteiger partial charge in [0.1, 0.15) is 5.82 Å². The summed E-state index contributed by atoms with van der Waals surface area (Å²) in [5.41, 5.74) is 2.30. The average Bonchev–Trinajstić information content (AvgIpc) is 3.21. The molecular formula is C19H24N6O2S. The number of piperazine rings is 1. The molecule has 4 rings (SSSR count). The van der Waals surface area contributed by atoms with Crippen molar-refractivity contribution in [1.29, 1.82) is 0 Å². The number of benzene rings is 1. The smallest absolute Gasteiger partial charge is 0.269 e. The topological polar surface area (TPSA) is 87.4 Å². The number of hydrogen-bond acceptors (Lipinski definition) is 8. The highest BCUT2D eigenvalue weighted by Crippen LogP contribution is 2.36. The third kappa shape index (κ3) is 3.84. The summed E-state index contributed by atoms with van der Waals surface area (Å²) in [4.78, 5) is 25.8. The summed E-state index contributed by atoms with van der Waals surface area (Å²) in [6.45, 7) is 6.40. The number of non-ortho nitro benzene ring substituents is 1. The fraction of sp³-hybridized carbons (Fsp3) is 0.474. The minimum absolute atomic E-state index is 0.124. The first-order valence-corrected chi connectivity index (χ1v) is 10.7. The molecule has 1 aromatic heterocycles. The van der Waals surface area contributed by atoms with E-state index in [4.69, 9.17) is 9.97 Å². The van der Waals surface area contributed by atoms with Crippen LogP contribution in [-0.2, 0) is 6.42 Å². The van der Waals surface area contributed by atoms with Crippen molar-refractivity contribution in [1.82, 2.24) is 9.97 Å². The van der Waals surface area contributed by atoms with Crippen LogP contribution in [0.5, 0.6) is 0 Å².